The van der Waals surface area contributed by atoms with Gasteiger partial charge in [-0.15, -0.1) is 0 Å². The SMILES string of the molecule is CCc1ccc2c(OC)nccc2c1. The first-order valence-electron chi connectivity index (χ1n) is 4.76. The van der Waals surface area contributed by atoms with Gasteiger partial charge in [-0.3, -0.25) is 0 Å². The Kier molecular flexibility index (Phi) is 2.35. The topological polar surface area (TPSA) is 22.1 Å². The van der Waals surface area contributed by atoms with Crippen LogP contribution in [0.15, 0.2) is 30.5 Å². The van der Waals surface area contributed by atoms with Crippen LogP contribution in [0.3, 0.4) is 0 Å². The first kappa shape index (κ1) is 9.00. The molecule has 0 saturated carbocycles. The van der Waals surface area contributed by atoms with Crippen LogP contribution in [-0.4, -0.2) is 12.1 Å². The zero-order valence-corrected chi connectivity index (χ0v) is 8.45. The van der Waals surface area contributed by atoms with Crippen LogP contribution in [0, 0.1) is 0 Å². The second-order valence-electron chi connectivity index (χ2n) is 3.23. The molecule has 2 aromatic rings. The van der Waals surface area contributed by atoms with E-state index in [1.807, 2.05) is 6.07 Å². The van der Waals surface area contributed by atoms with Gasteiger partial charge in [-0.05, 0) is 29.5 Å². The number of hydrogen-bond acceptors (Lipinski definition) is 2. The minimum Gasteiger partial charge on any atom is -0.481 e. The Labute approximate surface area is 83.5 Å². The van der Waals surface area contributed by atoms with Crippen molar-refractivity contribution in [2.75, 3.05) is 7.11 Å². The molecule has 0 spiro atoms. The maximum Gasteiger partial charge on any atom is 0.221 e. The van der Waals surface area contributed by atoms with E-state index in [0.29, 0.717) is 5.88 Å². The fourth-order valence-electron chi connectivity index (χ4n) is 1.58. The number of fused-ring (bicyclic) bond motifs is 1. The fraction of sp³-hybridized carbons (Fsp3) is 0.250. The van der Waals surface area contributed by atoms with Crippen LogP contribution in [0.25, 0.3) is 10.8 Å². The lowest BCUT2D eigenvalue weighted by molar-refractivity contribution is 0.403. The van der Waals surface area contributed by atoms with E-state index in [0.717, 1.165) is 11.8 Å². The van der Waals surface area contributed by atoms with E-state index >= 15 is 0 Å². The molecule has 2 heteroatoms. The van der Waals surface area contributed by atoms with Gasteiger partial charge in [0.25, 0.3) is 0 Å². The van der Waals surface area contributed by atoms with Gasteiger partial charge < -0.3 is 4.74 Å². The molecular formula is C12H13NO. The van der Waals surface area contributed by atoms with Crippen LogP contribution >= 0.6 is 0 Å². The number of nitrogens with zero attached hydrogens (tertiary/aromatic N) is 1. The molecule has 0 unspecified atom stereocenters. The van der Waals surface area contributed by atoms with E-state index in [4.69, 9.17) is 4.74 Å². The van der Waals surface area contributed by atoms with E-state index in [1.54, 1.807) is 13.3 Å². The second kappa shape index (κ2) is 3.66. The average Bonchev–Trinajstić information content (AvgIpc) is 2.27. The Balaban J connectivity index is 2.67. The number of pyridine rings is 1. The molecule has 2 rings (SSSR count). The van der Waals surface area contributed by atoms with Crippen molar-refractivity contribution in [3.05, 3.63) is 36.0 Å². The molecule has 0 aliphatic heterocycles. The van der Waals surface area contributed by atoms with E-state index in [9.17, 15) is 0 Å². The van der Waals surface area contributed by atoms with Crippen LogP contribution in [-0.2, 0) is 6.42 Å². The Morgan fingerprint density at radius 3 is 2.86 bits per heavy atom. The largest absolute Gasteiger partial charge is 0.481 e. The van der Waals surface area contributed by atoms with Gasteiger partial charge in [0.1, 0.15) is 0 Å². The van der Waals surface area contributed by atoms with Crippen LogP contribution in [0.5, 0.6) is 5.88 Å². The molecule has 1 heterocycles. The molecule has 0 aliphatic carbocycles. The minimum atomic E-state index is 0.699. The van der Waals surface area contributed by atoms with Gasteiger partial charge in [0.05, 0.1) is 7.11 Å². The molecule has 0 amide bonds. The monoisotopic (exact) mass is 187 g/mol. The Bertz CT molecular complexity index is 451. The summed E-state index contributed by atoms with van der Waals surface area (Å²) in [5, 5.41) is 2.27. The zero-order chi connectivity index (χ0) is 9.97. The highest BCUT2D eigenvalue weighted by molar-refractivity contribution is 5.87. The van der Waals surface area contributed by atoms with Gasteiger partial charge in [0, 0.05) is 11.6 Å². The van der Waals surface area contributed by atoms with Crippen molar-refractivity contribution < 1.29 is 4.74 Å². The predicted octanol–water partition coefficient (Wildman–Crippen LogP) is 2.81. The number of methoxy groups -OCH3 is 1. The zero-order valence-electron chi connectivity index (χ0n) is 8.45. The number of ether oxygens (including phenoxy) is 1. The lowest BCUT2D eigenvalue weighted by Crippen LogP contribution is -1.89. The number of aromatic nitrogens is 1. The van der Waals surface area contributed by atoms with Gasteiger partial charge in [-0.25, -0.2) is 4.98 Å². The third-order valence-electron chi connectivity index (χ3n) is 2.39. The lowest BCUT2D eigenvalue weighted by Gasteiger charge is -2.04. The van der Waals surface area contributed by atoms with Gasteiger partial charge in [0.2, 0.25) is 5.88 Å². The molecule has 1 aromatic heterocycles. The van der Waals surface area contributed by atoms with E-state index < -0.39 is 0 Å². The summed E-state index contributed by atoms with van der Waals surface area (Å²) in [6.07, 6.45) is 2.83. The molecule has 1 aromatic carbocycles. The summed E-state index contributed by atoms with van der Waals surface area (Å²) >= 11 is 0. The summed E-state index contributed by atoms with van der Waals surface area (Å²) in [7, 11) is 1.65. The molecule has 0 atom stereocenters. The van der Waals surface area contributed by atoms with E-state index in [-0.39, 0.29) is 0 Å². The molecule has 2 nitrogen and oxygen atoms in total. The Morgan fingerprint density at radius 2 is 2.14 bits per heavy atom. The third-order valence-corrected chi connectivity index (χ3v) is 2.39. The van der Waals surface area contributed by atoms with Gasteiger partial charge in [0.15, 0.2) is 0 Å². The summed E-state index contributed by atoms with van der Waals surface area (Å²) in [5.74, 6) is 0.699. The standard InChI is InChI=1S/C12H13NO/c1-3-9-4-5-11-10(8-9)6-7-13-12(11)14-2/h4-8H,3H2,1-2H3. The van der Waals surface area contributed by atoms with Crippen molar-refractivity contribution in [1.82, 2.24) is 4.98 Å². The molecular weight excluding hydrogens is 174 g/mol. The smallest absolute Gasteiger partial charge is 0.221 e. The summed E-state index contributed by atoms with van der Waals surface area (Å²) in [6.45, 7) is 2.15. The maximum atomic E-state index is 5.19. The van der Waals surface area contributed by atoms with Crippen molar-refractivity contribution >= 4 is 10.8 Å². The van der Waals surface area contributed by atoms with E-state index in [2.05, 4.69) is 30.1 Å². The number of benzene rings is 1. The van der Waals surface area contributed by atoms with E-state index in [1.165, 1.54) is 10.9 Å². The first-order chi connectivity index (χ1) is 6.85. The molecule has 14 heavy (non-hydrogen) atoms. The molecule has 0 N–H and O–H groups in total. The van der Waals surface area contributed by atoms with Crippen molar-refractivity contribution in [2.45, 2.75) is 13.3 Å². The highest BCUT2D eigenvalue weighted by Gasteiger charge is 2.01. The molecule has 0 saturated heterocycles. The van der Waals surface area contributed by atoms with Crippen molar-refractivity contribution in [3.63, 3.8) is 0 Å². The van der Waals surface area contributed by atoms with Crippen LogP contribution in [0.1, 0.15) is 12.5 Å². The van der Waals surface area contributed by atoms with Gasteiger partial charge in [-0.1, -0.05) is 19.1 Å². The Hall–Kier alpha value is -1.57. The van der Waals surface area contributed by atoms with Gasteiger partial charge in [-0.2, -0.15) is 0 Å². The normalized spacial score (nSPS) is 10.4. The molecule has 0 aliphatic rings. The second-order valence-corrected chi connectivity index (χ2v) is 3.23. The lowest BCUT2D eigenvalue weighted by atomic mass is 10.1. The molecule has 0 fully saturated rings. The quantitative estimate of drug-likeness (QED) is 0.721. The summed E-state index contributed by atoms with van der Waals surface area (Å²) < 4.78 is 5.19. The van der Waals surface area contributed by atoms with Crippen LogP contribution < -0.4 is 4.74 Å². The predicted molar refractivity (Wildman–Crippen MR) is 57.7 cm³/mol. The maximum absolute atomic E-state index is 5.19. The third kappa shape index (κ3) is 1.43. The highest BCUT2D eigenvalue weighted by Crippen LogP contribution is 2.23. The molecule has 0 bridgehead atoms. The van der Waals surface area contributed by atoms with Crippen molar-refractivity contribution in [2.24, 2.45) is 0 Å². The highest BCUT2D eigenvalue weighted by atomic mass is 16.5. The number of hydrogen-bond donors (Lipinski definition) is 0. The first-order valence-corrected chi connectivity index (χ1v) is 4.76. The van der Waals surface area contributed by atoms with Crippen molar-refractivity contribution in [1.29, 1.82) is 0 Å². The fourth-order valence-corrected chi connectivity index (χ4v) is 1.58. The van der Waals surface area contributed by atoms with Crippen LogP contribution in [0.4, 0.5) is 0 Å². The summed E-state index contributed by atoms with van der Waals surface area (Å²) in [5.41, 5.74) is 1.34. The van der Waals surface area contributed by atoms with Crippen LogP contribution in [0.2, 0.25) is 0 Å². The average molecular weight is 187 g/mol. The molecule has 0 radical (unpaired) electrons. The summed E-state index contributed by atoms with van der Waals surface area (Å²) in [4.78, 5) is 4.16. The van der Waals surface area contributed by atoms with Crippen molar-refractivity contribution in [3.8, 4) is 5.88 Å². The molecule has 72 valence electrons. The number of aryl methyl sites for hydroxylation is 1. The number of rotatable bonds is 2. The summed E-state index contributed by atoms with van der Waals surface area (Å²) in [6, 6.07) is 8.38. The Morgan fingerprint density at radius 1 is 1.29 bits per heavy atom. The van der Waals surface area contributed by atoms with Gasteiger partial charge >= 0.3 is 0 Å². The minimum absolute atomic E-state index is 0.699.